The number of halogens is 2. The Kier molecular flexibility index (Phi) is 3.82. The Labute approximate surface area is 100 Å². The maximum Gasteiger partial charge on any atom is 0.141 e. The largest absolute Gasteiger partial charge is 0.388 e. The van der Waals surface area contributed by atoms with E-state index < -0.39 is 11.9 Å². The van der Waals surface area contributed by atoms with Crippen LogP contribution in [-0.4, -0.2) is 5.11 Å². The fraction of sp³-hybridized carbons (Fsp3) is 0.538. The minimum absolute atomic E-state index is 0.0901. The van der Waals surface area contributed by atoms with E-state index in [1.807, 2.05) is 0 Å². The molecule has 1 nitrogen and oxygen atoms in total. The zero-order chi connectivity index (χ0) is 11.5. The number of benzene rings is 1. The minimum Gasteiger partial charge on any atom is -0.388 e. The molecule has 0 aromatic heterocycles. The maximum atomic E-state index is 13.0. The fourth-order valence-electron chi connectivity index (χ4n) is 2.42. The number of aliphatic hydroxyl groups is 1. The lowest BCUT2D eigenvalue weighted by molar-refractivity contribution is 0.0848. The molecule has 88 valence electrons. The van der Waals surface area contributed by atoms with E-state index >= 15 is 0 Å². The van der Waals surface area contributed by atoms with E-state index in [4.69, 9.17) is 11.6 Å². The van der Waals surface area contributed by atoms with Gasteiger partial charge < -0.3 is 5.11 Å². The van der Waals surface area contributed by atoms with Gasteiger partial charge in [-0.15, -0.1) is 0 Å². The van der Waals surface area contributed by atoms with E-state index in [1.165, 1.54) is 31.4 Å². The smallest absolute Gasteiger partial charge is 0.141 e. The zero-order valence-electron chi connectivity index (χ0n) is 9.13. The van der Waals surface area contributed by atoms with Gasteiger partial charge in [-0.3, -0.25) is 0 Å². The summed E-state index contributed by atoms with van der Waals surface area (Å²) in [5.41, 5.74) is 0.735. The highest BCUT2D eigenvalue weighted by Gasteiger charge is 2.23. The van der Waals surface area contributed by atoms with Crippen LogP contribution in [0.1, 0.15) is 43.8 Å². The van der Waals surface area contributed by atoms with Crippen molar-refractivity contribution in [1.29, 1.82) is 0 Å². The van der Waals surface area contributed by atoms with Crippen molar-refractivity contribution in [2.45, 2.75) is 38.2 Å². The summed E-state index contributed by atoms with van der Waals surface area (Å²) < 4.78 is 13.0. The Hall–Kier alpha value is -0.600. The number of hydrogen-bond acceptors (Lipinski definition) is 1. The molecule has 1 saturated carbocycles. The first-order valence-electron chi connectivity index (χ1n) is 5.81. The normalized spacial score (nSPS) is 19.7. The third-order valence-corrected chi connectivity index (χ3v) is 3.67. The van der Waals surface area contributed by atoms with Crippen LogP contribution < -0.4 is 0 Å². The van der Waals surface area contributed by atoms with Gasteiger partial charge in [-0.1, -0.05) is 36.9 Å². The molecule has 1 fully saturated rings. The molecule has 1 unspecified atom stereocenters. The molecule has 1 atom stereocenters. The molecule has 0 saturated heterocycles. The first-order chi connectivity index (χ1) is 7.68. The molecule has 1 aliphatic carbocycles. The van der Waals surface area contributed by atoms with Crippen LogP contribution in [0.3, 0.4) is 0 Å². The first-order valence-corrected chi connectivity index (χ1v) is 6.19. The lowest BCUT2D eigenvalue weighted by Crippen LogP contribution is -2.15. The van der Waals surface area contributed by atoms with Crippen molar-refractivity contribution in [1.82, 2.24) is 0 Å². The number of aliphatic hydroxyl groups excluding tert-OH is 1. The average Bonchev–Trinajstić information content (AvgIpc) is 2.33. The summed E-state index contributed by atoms with van der Waals surface area (Å²) in [7, 11) is 0. The molecule has 0 amide bonds. The molecule has 1 aromatic rings. The molecule has 16 heavy (non-hydrogen) atoms. The second-order valence-corrected chi connectivity index (χ2v) is 4.92. The van der Waals surface area contributed by atoms with Gasteiger partial charge >= 0.3 is 0 Å². The van der Waals surface area contributed by atoms with Crippen molar-refractivity contribution >= 4 is 11.6 Å². The third kappa shape index (κ3) is 2.55. The molecule has 0 spiro atoms. The second-order valence-electron chi connectivity index (χ2n) is 4.52. The average molecular weight is 243 g/mol. The predicted molar refractivity (Wildman–Crippen MR) is 62.9 cm³/mol. The van der Waals surface area contributed by atoms with Gasteiger partial charge in [0, 0.05) is 0 Å². The van der Waals surface area contributed by atoms with Crippen LogP contribution in [0.2, 0.25) is 5.02 Å². The van der Waals surface area contributed by atoms with Crippen LogP contribution in [0.25, 0.3) is 0 Å². The zero-order valence-corrected chi connectivity index (χ0v) is 9.88. The van der Waals surface area contributed by atoms with Gasteiger partial charge in [-0.25, -0.2) is 4.39 Å². The number of hydrogen-bond donors (Lipinski definition) is 1. The van der Waals surface area contributed by atoms with Gasteiger partial charge in [0.2, 0.25) is 0 Å². The maximum absolute atomic E-state index is 13.0. The van der Waals surface area contributed by atoms with Crippen LogP contribution in [-0.2, 0) is 0 Å². The van der Waals surface area contributed by atoms with E-state index in [2.05, 4.69) is 0 Å². The van der Waals surface area contributed by atoms with E-state index in [1.54, 1.807) is 6.07 Å². The molecule has 0 bridgehead atoms. The molecule has 1 N–H and O–H groups in total. The Morgan fingerprint density at radius 1 is 1.25 bits per heavy atom. The van der Waals surface area contributed by atoms with Crippen molar-refractivity contribution in [2.75, 3.05) is 0 Å². The predicted octanol–water partition coefficient (Wildman–Crippen LogP) is 4.09. The minimum atomic E-state index is -0.501. The summed E-state index contributed by atoms with van der Waals surface area (Å²) in [6, 6.07) is 4.49. The molecule has 0 heterocycles. The SMILES string of the molecule is OC(c1ccc(F)c(Cl)c1)C1CCCCC1. The van der Waals surface area contributed by atoms with Crippen LogP contribution in [0, 0.1) is 11.7 Å². The summed E-state index contributed by atoms with van der Waals surface area (Å²) in [6.45, 7) is 0. The van der Waals surface area contributed by atoms with Gasteiger partial charge in [-0.2, -0.15) is 0 Å². The fourth-order valence-corrected chi connectivity index (χ4v) is 2.61. The molecular formula is C13H16ClFO. The Morgan fingerprint density at radius 3 is 2.56 bits per heavy atom. The topological polar surface area (TPSA) is 20.2 Å². The van der Waals surface area contributed by atoms with Crippen LogP contribution in [0.5, 0.6) is 0 Å². The molecule has 3 heteroatoms. The van der Waals surface area contributed by atoms with Crippen molar-refractivity contribution < 1.29 is 9.50 Å². The quantitative estimate of drug-likeness (QED) is 0.828. The first kappa shape index (κ1) is 11.9. The highest BCUT2D eigenvalue weighted by Crippen LogP contribution is 2.35. The van der Waals surface area contributed by atoms with E-state index in [0.29, 0.717) is 5.92 Å². The summed E-state index contributed by atoms with van der Waals surface area (Å²) in [6.07, 6.45) is 5.21. The van der Waals surface area contributed by atoms with Gasteiger partial charge in [0.1, 0.15) is 5.82 Å². The second kappa shape index (κ2) is 5.15. The van der Waals surface area contributed by atoms with Crippen LogP contribution in [0.4, 0.5) is 4.39 Å². The van der Waals surface area contributed by atoms with Crippen molar-refractivity contribution in [3.8, 4) is 0 Å². The van der Waals surface area contributed by atoms with Crippen molar-refractivity contribution in [3.05, 3.63) is 34.6 Å². The van der Waals surface area contributed by atoms with Gasteiger partial charge in [0.15, 0.2) is 0 Å². The molecular weight excluding hydrogens is 227 g/mol. The van der Waals surface area contributed by atoms with Gasteiger partial charge in [0.25, 0.3) is 0 Å². The Morgan fingerprint density at radius 2 is 1.94 bits per heavy atom. The molecule has 2 rings (SSSR count). The lowest BCUT2D eigenvalue weighted by Gasteiger charge is -2.26. The van der Waals surface area contributed by atoms with E-state index in [9.17, 15) is 9.50 Å². The lowest BCUT2D eigenvalue weighted by atomic mass is 9.83. The Balaban J connectivity index is 2.12. The number of rotatable bonds is 2. The molecule has 0 aliphatic heterocycles. The molecule has 1 aliphatic rings. The summed E-state index contributed by atoms with van der Waals surface area (Å²) in [4.78, 5) is 0. The molecule has 1 aromatic carbocycles. The highest BCUT2D eigenvalue weighted by atomic mass is 35.5. The Bertz CT molecular complexity index is 361. The van der Waals surface area contributed by atoms with Crippen LogP contribution in [0.15, 0.2) is 18.2 Å². The van der Waals surface area contributed by atoms with Crippen molar-refractivity contribution in [2.24, 2.45) is 5.92 Å². The third-order valence-electron chi connectivity index (χ3n) is 3.38. The summed E-state index contributed by atoms with van der Waals surface area (Å²) in [5.74, 6) is -0.128. The van der Waals surface area contributed by atoms with Gasteiger partial charge in [-0.05, 0) is 36.5 Å². The summed E-state index contributed by atoms with van der Waals surface area (Å²) >= 11 is 5.71. The standard InChI is InChI=1S/C13H16ClFO/c14-11-8-10(6-7-12(11)15)13(16)9-4-2-1-3-5-9/h6-9,13,16H,1-5H2. The molecule has 0 radical (unpaired) electrons. The van der Waals surface area contributed by atoms with E-state index in [0.717, 1.165) is 18.4 Å². The summed E-state index contributed by atoms with van der Waals surface area (Å²) in [5, 5.41) is 10.3. The van der Waals surface area contributed by atoms with Crippen molar-refractivity contribution in [3.63, 3.8) is 0 Å². The van der Waals surface area contributed by atoms with E-state index in [-0.39, 0.29) is 5.02 Å². The van der Waals surface area contributed by atoms with Gasteiger partial charge in [0.05, 0.1) is 11.1 Å². The van der Waals surface area contributed by atoms with Crippen LogP contribution >= 0.6 is 11.6 Å². The highest BCUT2D eigenvalue weighted by molar-refractivity contribution is 6.30. The monoisotopic (exact) mass is 242 g/mol.